The van der Waals surface area contributed by atoms with Crippen molar-refractivity contribution in [2.45, 2.75) is 50.9 Å². The van der Waals surface area contributed by atoms with Crippen LogP contribution in [0.1, 0.15) is 23.1 Å². The van der Waals surface area contributed by atoms with Crippen LogP contribution in [0.15, 0.2) is 91.0 Å². The molecule has 0 unspecified atom stereocenters. The molecule has 1 heterocycles. The summed E-state index contributed by atoms with van der Waals surface area (Å²) in [4.78, 5) is 0. The molecule has 4 rings (SSSR count). The van der Waals surface area contributed by atoms with E-state index < -0.39 is 24.7 Å². The number of hydrogen-bond donors (Lipinski definition) is 0. The van der Waals surface area contributed by atoms with E-state index in [1.165, 1.54) is 0 Å². The summed E-state index contributed by atoms with van der Waals surface area (Å²) < 4.78 is 38.3. The van der Waals surface area contributed by atoms with Crippen LogP contribution < -0.4 is 0 Å². The minimum Gasteiger partial charge on any atom is -0.374 e. The molecule has 1 aliphatic heterocycles. The Labute approximate surface area is 188 Å². The summed E-state index contributed by atoms with van der Waals surface area (Å²) in [6, 6.07) is 29.7. The third-order valence-electron chi connectivity index (χ3n) is 5.46. The van der Waals surface area contributed by atoms with Crippen LogP contribution in [-0.4, -0.2) is 31.3 Å². The number of alkyl halides is 1. The fraction of sp³-hybridized carbons (Fsp3) is 0.333. The van der Waals surface area contributed by atoms with Gasteiger partial charge in [0.2, 0.25) is 6.36 Å². The quantitative estimate of drug-likeness (QED) is 0.423. The second-order valence-corrected chi connectivity index (χ2v) is 7.92. The Hall–Kier alpha value is -2.57. The number of ether oxygens (including phenoxy) is 4. The van der Waals surface area contributed by atoms with Gasteiger partial charge in [-0.25, -0.2) is 4.39 Å². The Kier molecular flexibility index (Phi) is 8.40. The van der Waals surface area contributed by atoms with Crippen molar-refractivity contribution in [3.8, 4) is 0 Å². The van der Waals surface area contributed by atoms with Gasteiger partial charge in [0.1, 0.15) is 12.2 Å². The second kappa shape index (κ2) is 11.9. The van der Waals surface area contributed by atoms with Crippen LogP contribution in [-0.2, 0) is 38.8 Å². The lowest BCUT2D eigenvalue weighted by atomic mass is 10.0. The van der Waals surface area contributed by atoms with E-state index in [-0.39, 0.29) is 13.0 Å². The first-order valence-electron chi connectivity index (χ1n) is 11.0. The van der Waals surface area contributed by atoms with E-state index in [9.17, 15) is 4.39 Å². The lowest BCUT2D eigenvalue weighted by molar-refractivity contribution is -0.245. The molecule has 0 aromatic heterocycles. The standard InChI is InChI=1S/C27H29FO4/c28-26-16-24(30-18-22-12-6-2-7-13-22)27(31-19-23-14-8-3-9-15-23)25(32-26)20-29-17-21-10-4-1-5-11-21/h1-15,24-27H,16-20H2/t24-,25-,26+,27+/m1/s1. The van der Waals surface area contributed by atoms with Gasteiger partial charge in [-0.3, -0.25) is 0 Å². The van der Waals surface area contributed by atoms with Crippen LogP contribution in [0.3, 0.4) is 0 Å². The van der Waals surface area contributed by atoms with E-state index in [0.29, 0.717) is 19.8 Å². The number of benzene rings is 3. The largest absolute Gasteiger partial charge is 0.374 e. The molecule has 4 nitrogen and oxygen atoms in total. The summed E-state index contributed by atoms with van der Waals surface area (Å²) in [7, 11) is 0. The fourth-order valence-electron chi connectivity index (χ4n) is 3.80. The molecule has 3 aromatic rings. The molecule has 0 radical (unpaired) electrons. The predicted molar refractivity (Wildman–Crippen MR) is 121 cm³/mol. The topological polar surface area (TPSA) is 36.9 Å². The Bertz CT molecular complexity index is 907. The van der Waals surface area contributed by atoms with Crippen LogP contribution in [0.5, 0.6) is 0 Å². The van der Waals surface area contributed by atoms with Crippen molar-refractivity contribution in [3.63, 3.8) is 0 Å². The first kappa shape index (κ1) is 22.6. The SMILES string of the molecule is F[C@@H]1C[C@@H](OCc2ccccc2)[C@H](OCc2ccccc2)[C@@H](COCc2ccccc2)O1. The van der Waals surface area contributed by atoms with Crippen LogP contribution >= 0.6 is 0 Å². The molecular weight excluding hydrogens is 407 g/mol. The molecule has 0 spiro atoms. The van der Waals surface area contributed by atoms with E-state index >= 15 is 0 Å². The summed E-state index contributed by atoms with van der Waals surface area (Å²) in [5.41, 5.74) is 3.13. The highest BCUT2D eigenvalue weighted by Gasteiger charge is 2.40. The van der Waals surface area contributed by atoms with E-state index in [1.54, 1.807) is 0 Å². The average Bonchev–Trinajstić information content (AvgIpc) is 2.84. The van der Waals surface area contributed by atoms with Crippen molar-refractivity contribution in [2.24, 2.45) is 0 Å². The molecule has 1 fully saturated rings. The van der Waals surface area contributed by atoms with E-state index in [2.05, 4.69) is 0 Å². The van der Waals surface area contributed by atoms with E-state index in [0.717, 1.165) is 16.7 Å². The molecule has 32 heavy (non-hydrogen) atoms. The molecule has 4 atom stereocenters. The van der Waals surface area contributed by atoms with Gasteiger partial charge in [0.05, 0.1) is 32.5 Å². The highest BCUT2D eigenvalue weighted by Crippen LogP contribution is 2.28. The van der Waals surface area contributed by atoms with Crippen molar-refractivity contribution in [1.29, 1.82) is 0 Å². The number of halogens is 1. The highest BCUT2D eigenvalue weighted by atomic mass is 19.1. The predicted octanol–water partition coefficient (Wildman–Crippen LogP) is 5.46. The first-order valence-corrected chi connectivity index (χ1v) is 11.0. The molecule has 0 bridgehead atoms. The third-order valence-corrected chi connectivity index (χ3v) is 5.46. The lowest BCUT2D eigenvalue weighted by Crippen LogP contribution is -2.51. The first-order chi connectivity index (χ1) is 15.8. The maximum atomic E-state index is 14.5. The lowest BCUT2D eigenvalue weighted by Gasteiger charge is -2.39. The third kappa shape index (κ3) is 6.71. The summed E-state index contributed by atoms with van der Waals surface area (Å²) in [6.45, 7) is 1.44. The van der Waals surface area contributed by atoms with Crippen molar-refractivity contribution in [3.05, 3.63) is 108 Å². The molecule has 0 amide bonds. The average molecular weight is 437 g/mol. The zero-order valence-corrected chi connectivity index (χ0v) is 18.0. The Balaban J connectivity index is 1.42. The van der Waals surface area contributed by atoms with Gasteiger partial charge in [-0.15, -0.1) is 0 Å². The molecular formula is C27H29FO4. The summed E-state index contributed by atoms with van der Waals surface area (Å²) >= 11 is 0. The van der Waals surface area contributed by atoms with Crippen molar-refractivity contribution < 1.29 is 23.3 Å². The molecule has 1 aliphatic rings. The van der Waals surface area contributed by atoms with Gasteiger partial charge >= 0.3 is 0 Å². The maximum Gasteiger partial charge on any atom is 0.201 e. The molecule has 0 saturated carbocycles. The van der Waals surface area contributed by atoms with Crippen LogP contribution in [0.2, 0.25) is 0 Å². The molecule has 0 N–H and O–H groups in total. The zero-order chi connectivity index (χ0) is 22.0. The van der Waals surface area contributed by atoms with Gasteiger partial charge in [-0.1, -0.05) is 91.0 Å². The van der Waals surface area contributed by atoms with Gasteiger partial charge in [0, 0.05) is 6.42 Å². The van der Waals surface area contributed by atoms with Crippen LogP contribution in [0.4, 0.5) is 4.39 Å². The van der Waals surface area contributed by atoms with Gasteiger partial charge < -0.3 is 18.9 Å². The summed E-state index contributed by atoms with van der Waals surface area (Å²) in [5.74, 6) is 0. The van der Waals surface area contributed by atoms with Gasteiger partial charge in [0.15, 0.2) is 0 Å². The zero-order valence-electron chi connectivity index (χ0n) is 18.0. The van der Waals surface area contributed by atoms with E-state index in [4.69, 9.17) is 18.9 Å². The minimum atomic E-state index is -1.42. The summed E-state index contributed by atoms with van der Waals surface area (Å²) in [5, 5.41) is 0. The highest BCUT2D eigenvalue weighted by molar-refractivity contribution is 5.15. The van der Waals surface area contributed by atoms with Gasteiger partial charge in [-0.2, -0.15) is 0 Å². The van der Waals surface area contributed by atoms with Gasteiger partial charge in [0.25, 0.3) is 0 Å². The van der Waals surface area contributed by atoms with Crippen LogP contribution in [0.25, 0.3) is 0 Å². The van der Waals surface area contributed by atoms with Crippen molar-refractivity contribution in [2.75, 3.05) is 6.61 Å². The number of hydrogen-bond acceptors (Lipinski definition) is 4. The second-order valence-electron chi connectivity index (χ2n) is 7.92. The van der Waals surface area contributed by atoms with E-state index in [1.807, 2.05) is 91.0 Å². The van der Waals surface area contributed by atoms with Crippen LogP contribution in [0, 0.1) is 0 Å². The Morgan fingerprint density at radius 1 is 0.688 bits per heavy atom. The Morgan fingerprint density at radius 2 is 1.19 bits per heavy atom. The molecule has 0 aliphatic carbocycles. The normalized spacial score (nSPS) is 23.2. The smallest absolute Gasteiger partial charge is 0.201 e. The van der Waals surface area contributed by atoms with Gasteiger partial charge in [-0.05, 0) is 16.7 Å². The molecule has 3 aromatic carbocycles. The summed E-state index contributed by atoms with van der Waals surface area (Å²) in [6.07, 6.45) is -2.74. The van der Waals surface area contributed by atoms with Crippen molar-refractivity contribution in [1.82, 2.24) is 0 Å². The maximum absolute atomic E-state index is 14.5. The monoisotopic (exact) mass is 436 g/mol. The van der Waals surface area contributed by atoms with Crippen molar-refractivity contribution >= 4 is 0 Å². The molecule has 168 valence electrons. The Morgan fingerprint density at radius 3 is 1.75 bits per heavy atom. The number of rotatable bonds is 10. The molecule has 5 heteroatoms. The minimum absolute atomic E-state index is 0.126. The fourth-order valence-corrected chi connectivity index (χ4v) is 3.80. The molecule has 1 saturated heterocycles.